The largest absolute Gasteiger partial charge is 0.377 e. The molecule has 0 unspecified atom stereocenters. The van der Waals surface area contributed by atoms with Gasteiger partial charge in [0.1, 0.15) is 5.69 Å². The van der Waals surface area contributed by atoms with Crippen molar-refractivity contribution in [2.45, 2.75) is 25.8 Å². The average Bonchev–Trinajstić information content (AvgIpc) is 3.29. The van der Waals surface area contributed by atoms with Crippen LogP contribution in [0.3, 0.4) is 0 Å². The van der Waals surface area contributed by atoms with Crippen LogP contribution in [-0.4, -0.2) is 35.9 Å². The molecule has 1 fully saturated rings. The van der Waals surface area contributed by atoms with Crippen LogP contribution in [0.4, 0.5) is 11.4 Å². The van der Waals surface area contributed by atoms with Gasteiger partial charge in [0.15, 0.2) is 0 Å². The van der Waals surface area contributed by atoms with Crippen molar-refractivity contribution < 1.29 is 14.5 Å². The highest BCUT2D eigenvalue weighted by Crippen LogP contribution is 2.31. The molecule has 0 saturated heterocycles. The summed E-state index contributed by atoms with van der Waals surface area (Å²) in [6.45, 7) is 2.08. The minimum Gasteiger partial charge on any atom is -0.377 e. The molecule has 2 rings (SSSR count). The minimum atomic E-state index is -0.523. The third kappa shape index (κ3) is 4.18. The predicted octanol–water partition coefficient (Wildman–Crippen LogP) is 1.03. The maximum atomic E-state index is 11.9. The number of carbonyl (C=O) groups is 2. The van der Waals surface area contributed by atoms with Gasteiger partial charge in [0.2, 0.25) is 5.91 Å². The third-order valence-corrected chi connectivity index (χ3v) is 3.18. The van der Waals surface area contributed by atoms with Gasteiger partial charge in [-0.1, -0.05) is 0 Å². The van der Waals surface area contributed by atoms with E-state index in [1.165, 1.54) is 18.2 Å². The first kappa shape index (κ1) is 15.7. The van der Waals surface area contributed by atoms with Gasteiger partial charge in [0.05, 0.1) is 11.5 Å². The summed E-state index contributed by atoms with van der Waals surface area (Å²) in [6, 6.07) is 4.52. The van der Waals surface area contributed by atoms with Crippen LogP contribution in [0.2, 0.25) is 0 Å². The van der Waals surface area contributed by atoms with Gasteiger partial charge >= 0.3 is 0 Å². The number of amides is 2. The molecule has 0 bridgehead atoms. The molecule has 0 aromatic heterocycles. The number of likely N-dealkylation sites (N-methyl/N-ethyl adjacent to an activating group) is 1. The van der Waals surface area contributed by atoms with Crippen molar-refractivity contribution in [1.82, 2.24) is 10.6 Å². The van der Waals surface area contributed by atoms with Crippen LogP contribution >= 0.6 is 0 Å². The van der Waals surface area contributed by atoms with Crippen molar-refractivity contribution in [3.8, 4) is 0 Å². The van der Waals surface area contributed by atoms with E-state index in [0.29, 0.717) is 12.2 Å². The SMILES string of the molecule is CCNC(=O)CNC(=O)c1ccc(NC2CC2)c([N+](=O)[O-])c1. The Labute approximate surface area is 127 Å². The second-order valence-corrected chi connectivity index (χ2v) is 5.04. The van der Waals surface area contributed by atoms with Crippen LogP contribution in [0.5, 0.6) is 0 Å². The Morgan fingerprint density at radius 2 is 2.05 bits per heavy atom. The molecule has 8 nitrogen and oxygen atoms in total. The van der Waals surface area contributed by atoms with Crippen LogP contribution in [0.1, 0.15) is 30.1 Å². The number of nitrogens with one attached hydrogen (secondary N) is 3. The van der Waals surface area contributed by atoms with Crippen LogP contribution in [0.25, 0.3) is 0 Å². The Morgan fingerprint density at radius 3 is 2.64 bits per heavy atom. The number of anilines is 1. The predicted molar refractivity (Wildman–Crippen MR) is 80.8 cm³/mol. The van der Waals surface area contributed by atoms with E-state index >= 15 is 0 Å². The second kappa shape index (κ2) is 6.88. The lowest BCUT2D eigenvalue weighted by Crippen LogP contribution is -2.36. The molecule has 1 aromatic rings. The molecule has 0 spiro atoms. The monoisotopic (exact) mass is 306 g/mol. The Hall–Kier alpha value is -2.64. The molecule has 1 aromatic carbocycles. The molecule has 3 N–H and O–H groups in total. The maximum Gasteiger partial charge on any atom is 0.293 e. The summed E-state index contributed by atoms with van der Waals surface area (Å²) in [5, 5.41) is 19.2. The summed E-state index contributed by atoms with van der Waals surface area (Å²) >= 11 is 0. The molecule has 118 valence electrons. The number of nitro benzene ring substituents is 1. The van der Waals surface area contributed by atoms with Crippen molar-refractivity contribution in [3.05, 3.63) is 33.9 Å². The first-order valence-electron chi connectivity index (χ1n) is 7.11. The molecule has 1 saturated carbocycles. The molecule has 8 heteroatoms. The van der Waals surface area contributed by atoms with Crippen molar-refractivity contribution in [3.63, 3.8) is 0 Å². The van der Waals surface area contributed by atoms with Gasteiger partial charge < -0.3 is 16.0 Å². The summed E-state index contributed by atoms with van der Waals surface area (Å²) in [5.74, 6) is -0.829. The first-order valence-corrected chi connectivity index (χ1v) is 7.11. The van der Waals surface area contributed by atoms with Crippen molar-refractivity contribution in [2.24, 2.45) is 0 Å². The number of rotatable bonds is 7. The quantitative estimate of drug-likeness (QED) is 0.514. The van der Waals surface area contributed by atoms with Gasteiger partial charge in [0.25, 0.3) is 11.6 Å². The lowest BCUT2D eigenvalue weighted by Gasteiger charge is -2.08. The van der Waals surface area contributed by atoms with E-state index < -0.39 is 10.8 Å². The Balaban J connectivity index is 2.06. The van der Waals surface area contributed by atoms with E-state index in [0.717, 1.165) is 12.8 Å². The van der Waals surface area contributed by atoms with Crippen LogP contribution < -0.4 is 16.0 Å². The molecule has 1 aliphatic rings. The molecule has 22 heavy (non-hydrogen) atoms. The van der Waals surface area contributed by atoms with E-state index in [1.807, 2.05) is 0 Å². The second-order valence-electron chi connectivity index (χ2n) is 5.04. The zero-order chi connectivity index (χ0) is 16.1. The number of benzene rings is 1. The van der Waals surface area contributed by atoms with Gasteiger partial charge in [-0.25, -0.2) is 0 Å². The van der Waals surface area contributed by atoms with Gasteiger partial charge in [-0.2, -0.15) is 0 Å². The fraction of sp³-hybridized carbons (Fsp3) is 0.429. The van der Waals surface area contributed by atoms with Crippen molar-refractivity contribution in [2.75, 3.05) is 18.4 Å². The molecular formula is C14H18N4O4. The number of hydrogen-bond donors (Lipinski definition) is 3. The summed E-state index contributed by atoms with van der Waals surface area (Å²) in [4.78, 5) is 33.8. The molecule has 0 atom stereocenters. The van der Waals surface area contributed by atoms with E-state index in [2.05, 4.69) is 16.0 Å². The summed E-state index contributed by atoms with van der Waals surface area (Å²) < 4.78 is 0. The number of carbonyl (C=O) groups excluding carboxylic acids is 2. The highest BCUT2D eigenvalue weighted by Gasteiger charge is 2.25. The molecular weight excluding hydrogens is 288 g/mol. The molecule has 1 aliphatic carbocycles. The topological polar surface area (TPSA) is 113 Å². The normalized spacial score (nSPS) is 13.3. The average molecular weight is 306 g/mol. The van der Waals surface area contributed by atoms with Crippen molar-refractivity contribution >= 4 is 23.2 Å². The van der Waals surface area contributed by atoms with Gasteiger partial charge in [0, 0.05) is 24.2 Å². The Kier molecular flexibility index (Phi) is 4.92. The van der Waals surface area contributed by atoms with E-state index in [9.17, 15) is 19.7 Å². The highest BCUT2D eigenvalue weighted by molar-refractivity contribution is 5.97. The van der Waals surface area contributed by atoms with Crippen molar-refractivity contribution in [1.29, 1.82) is 0 Å². The summed E-state index contributed by atoms with van der Waals surface area (Å²) in [6.07, 6.45) is 1.98. The zero-order valence-corrected chi connectivity index (χ0v) is 12.2. The fourth-order valence-corrected chi connectivity index (χ4v) is 1.92. The third-order valence-electron chi connectivity index (χ3n) is 3.18. The van der Waals surface area contributed by atoms with E-state index in [4.69, 9.17) is 0 Å². The smallest absolute Gasteiger partial charge is 0.293 e. The Bertz CT molecular complexity index is 599. The van der Waals surface area contributed by atoms with E-state index in [-0.39, 0.29) is 29.7 Å². The molecule has 2 amide bonds. The van der Waals surface area contributed by atoms with Crippen LogP contribution in [0.15, 0.2) is 18.2 Å². The standard InChI is InChI=1S/C14H18N4O4/c1-2-15-13(19)8-16-14(20)9-3-6-11(17-10-4-5-10)12(7-9)18(21)22/h3,6-7,10,17H,2,4-5,8H2,1H3,(H,15,19)(H,16,20). The van der Waals surface area contributed by atoms with Gasteiger partial charge in [-0.15, -0.1) is 0 Å². The molecule has 0 radical (unpaired) electrons. The van der Waals surface area contributed by atoms with Gasteiger partial charge in [-0.05, 0) is 31.9 Å². The number of nitrogens with zero attached hydrogens (tertiary/aromatic N) is 1. The molecule has 0 heterocycles. The lowest BCUT2D eigenvalue weighted by molar-refractivity contribution is -0.384. The maximum absolute atomic E-state index is 11.9. The highest BCUT2D eigenvalue weighted by atomic mass is 16.6. The summed E-state index contributed by atoms with van der Waals surface area (Å²) in [5.41, 5.74) is 0.419. The lowest BCUT2D eigenvalue weighted by atomic mass is 10.1. The summed E-state index contributed by atoms with van der Waals surface area (Å²) in [7, 11) is 0. The van der Waals surface area contributed by atoms with E-state index in [1.54, 1.807) is 6.92 Å². The van der Waals surface area contributed by atoms with Gasteiger partial charge in [-0.3, -0.25) is 19.7 Å². The fourth-order valence-electron chi connectivity index (χ4n) is 1.92. The zero-order valence-electron chi connectivity index (χ0n) is 12.2. The van der Waals surface area contributed by atoms with Crippen LogP contribution in [-0.2, 0) is 4.79 Å². The van der Waals surface area contributed by atoms with Crippen LogP contribution in [0, 0.1) is 10.1 Å². The Morgan fingerprint density at radius 1 is 1.32 bits per heavy atom. The number of nitro groups is 1. The molecule has 0 aliphatic heterocycles. The minimum absolute atomic E-state index is 0.141. The first-order chi connectivity index (χ1) is 10.5. The number of hydrogen-bond acceptors (Lipinski definition) is 5.